The maximum Gasteiger partial charge on any atom is 0.435 e. The number of aryl methyl sites for hydroxylation is 2. The van der Waals surface area contributed by atoms with Gasteiger partial charge in [-0.05, 0) is 61.2 Å². The number of hydrogen-bond acceptors (Lipinski definition) is 6. The highest BCUT2D eigenvalue weighted by molar-refractivity contribution is 7.91. The second-order valence-corrected chi connectivity index (χ2v) is 9.89. The van der Waals surface area contributed by atoms with Gasteiger partial charge in [0.2, 0.25) is 0 Å². The predicted octanol–water partition coefficient (Wildman–Crippen LogP) is 5.75. The molecule has 34 heavy (non-hydrogen) atoms. The summed E-state index contributed by atoms with van der Waals surface area (Å²) in [5.74, 6) is -0.957. The standard InChI is InChI=1S/C23H23F3N4O3S/c1-5-15-10-9-13(2)18(11-15)33-22-19(14(3)20(29-30-22)23(24,25)26)21(31)28-16-7-6-8-17(12-16)34(4,27)32/h6-12,27H,5H2,1-4H3,(H,28,31). The highest BCUT2D eigenvalue weighted by Gasteiger charge is 2.38. The Morgan fingerprint density at radius 3 is 2.47 bits per heavy atom. The van der Waals surface area contributed by atoms with Crippen LogP contribution in [0.3, 0.4) is 0 Å². The van der Waals surface area contributed by atoms with Gasteiger partial charge in [-0.1, -0.05) is 25.1 Å². The predicted molar refractivity (Wildman–Crippen MR) is 122 cm³/mol. The van der Waals surface area contributed by atoms with Crippen molar-refractivity contribution in [2.75, 3.05) is 11.6 Å². The van der Waals surface area contributed by atoms with E-state index in [2.05, 4.69) is 15.5 Å². The molecule has 0 bridgehead atoms. The van der Waals surface area contributed by atoms with Crippen molar-refractivity contribution >= 4 is 21.3 Å². The third-order valence-electron chi connectivity index (χ3n) is 5.09. The lowest BCUT2D eigenvalue weighted by Gasteiger charge is -2.17. The first kappa shape index (κ1) is 25.2. The molecule has 3 aromatic rings. The fourth-order valence-corrected chi connectivity index (χ4v) is 3.89. The number of amides is 1. The molecule has 1 atom stereocenters. The Morgan fingerprint density at radius 1 is 1.15 bits per heavy atom. The summed E-state index contributed by atoms with van der Waals surface area (Å²) in [4.78, 5) is 13.3. The first-order valence-corrected chi connectivity index (χ1v) is 12.1. The monoisotopic (exact) mass is 492 g/mol. The van der Waals surface area contributed by atoms with Gasteiger partial charge in [-0.3, -0.25) is 4.79 Å². The van der Waals surface area contributed by atoms with E-state index < -0.39 is 38.6 Å². The molecule has 0 saturated heterocycles. The highest BCUT2D eigenvalue weighted by atomic mass is 32.2. The van der Waals surface area contributed by atoms with Crippen LogP contribution >= 0.6 is 0 Å². The topological polar surface area (TPSA) is 105 Å². The minimum atomic E-state index is -4.83. The number of benzene rings is 2. The van der Waals surface area contributed by atoms with Gasteiger partial charge in [-0.25, -0.2) is 8.99 Å². The lowest BCUT2D eigenvalue weighted by Crippen LogP contribution is -2.21. The summed E-state index contributed by atoms with van der Waals surface area (Å²) in [5, 5.41) is 9.35. The van der Waals surface area contributed by atoms with Crippen LogP contribution in [0.4, 0.5) is 18.9 Å². The smallest absolute Gasteiger partial charge is 0.435 e. The molecule has 0 saturated carbocycles. The van der Waals surface area contributed by atoms with E-state index >= 15 is 0 Å². The molecule has 0 aliphatic rings. The van der Waals surface area contributed by atoms with E-state index in [0.29, 0.717) is 17.7 Å². The summed E-state index contributed by atoms with van der Waals surface area (Å²) >= 11 is 0. The van der Waals surface area contributed by atoms with Gasteiger partial charge in [0.05, 0.1) is 9.73 Å². The molecule has 1 aromatic heterocycles. The van der Waals surface area contributed by atoms with Crippen LogP contribution in [0.1, 0.15) is 39.7 Å². The number of hydrogen-bond donors (Lipinski definition) is 2. The Morgan fingerprint density at radius 2 is 1.85 bits per heavy atom. The van der Waals surface area contributed by atoms with Gasteiger partial charge in [0.25, 0.3) is 11.8 Å². The average molecular weight is 493 g/mol. The quantitative estimate of drug-likeness (QED) is 0.456. The van der Waals surface area contributed by atoms with Crippen molar-refractivity contribution in [1.29, 1.82) is 4.78 Å². The van der Waals surface area contributed by atoms with Crippen molar-refractivity contribution in [1.82, 2.24) is 10.2 Å². The third kappa shape index (κ3) is 5.53. The van der Waals surface area contributed by atoms with Crippen molar-refractivity contribution in [3.63, 3.8) is 0 Å². The molecule has 0 aliphatic heterocycles. The van der Waals surface area contributed by atoms with Gasteiger partial charge in [0.1, 0.15) is 11.3 Å². The molecule has 0 spiro atoms. The SMILES string of the molecule is CCc1ccc(C)c(Oc2nnc(C(F)(F)F)c(C)c2C(=O)Nc2cccc(S(C)(=N)=O)c2)c1. The number of aromatic nitrogens is 2. The summed E-state index contributed by atoms with van der Waals surface area (Å²) in [5.41, 5.74) is -0.403. The van der Waals surface area contributed by atoms with Crippen LogP contribution in [0.25, 0.3) is 0 Å². The van der Waals surface area contributed by atoms with Crippen molar-refractivity contribution in [3.05, 3.63) is 70.4 Å². The second kappa shape index (κ2) is 9.41. The van der Waals surface area contributed by atoms with Crippen LogP contribution in [-0.2, 0) is 22.3 Å². The first-order valence-electron chi connectivity index (χ1n) is 10.2. The molecule has 11 heteroatoms. The normalized spacial score (nSPS) is 13.3. The molecular formula is C23H23F3N4O3S. The minimum absolute atomic E-state index is 0.157. The fraction of sp³-hybridized carbons (Fsp3) is 0.261. The zero-order valence-corrected chi connectivity index (χ0v) is 19.7. The zero-order chi connectivity index (χ0) is 25.3. The number of nitrogens with zero attached hydrogens (tertiary/aromatic N) is 2. The summed E-state index contributed by atoms with van der Waals surface area (Å²) in [6, 6.07) is 11.2. The van der Waals surface area contributed by atoms with Gasteiger partial charge in [-0.15, -0.1) is 10.2 Å². The molecule has 1 heterocycles. The average Bonchev–Trinajstić information content (AvgIpc) is 2.74. The van der Waals surface area contributed by atoms with Crippen LogP contribution in [0.15, 0.2) is 47.4 Å². The number of anilines is 1. The number of ether oxygens (including phenoxy) is 1. The van der Waals surface area contributed by atoms with Crippen LogP contribution in [0, 0.1) is 18.6 Å². The van der Waals surface area contributed by atoms with Gasteiger partial charge in [-0.2, -0.15) is 13.2 Å². The van der Waals surface area contributed by atoms with Gasteiger partial charge in [0.15, 0.2) is 5.69 Å². The molecule has 180 valence electrons. The molecular weight excluding hydrogens is 469 g/mol. The van der Waals surface area contributed by atoms with E-state index in [-0.39, 0.29) is 16.5 Å². The van der Waals surface area contributed by atoms with E-state index in [9.17, 15) is 22.2 Å². The second-order valence-electron chi connectivity index (χ2n) is 7.73. The maximum atomic E-state index is 13.5. The first-order chi connectivity index (χ1) is 15.8. The van der Waals surface area contributed by atoms with Gasteiger partial charge in [0, 0.05) is 16.8 Å². The van der Waals surface area contributed by atoms with Crippen LogP contribution < -0.4 is 10.1 Å². The number of carbonyl (C=O) groups excluding carboxylic acids is 1. The van der Waals surface area contributed by atoms with Crippen molar-refractivity contribution < 1.29 is 26.9 Å². The number of halogens is 3. The molecule has 3 rings (SSSR count). The lowest BCUT2D eigenvalue weighted by atomic mass is 10.1. The summed E-state index contributed by atoms with van der Waals surface area (Å²) < 4.78 is 66.0. The third-order valence-corrected chi connectivity index (χ3v) is 6.24. The fourth-order valence-electron chi connectivity index (χ4n) is 3.20. The molecule has 2 aromatic carbocycles. The van der Waals surface area contributed by atoms with Crippen molar-refractivity contribution in [2.24, 2.45) is 0 Å². The summed E-state index contributed by atoms with van der Waals surface area (Å²) in [7, 11) is -3.07. The van der Waals surface area contributed by atoms with E-state index in [4.69, 9.17) is 9.52 Å². The Hall–Kier alpha value is -3.47. The molecule has 7 nitrogen and oxygen atoms in total. The van der Waals surface area contributed by atoms with Crippen LogP contribution in [0.5, 0.6) is 11.6 Å². The van der Waals surface area contributed by atoms with Crippen molar-refractivity contribution in [3.8, 4) is 11.6 Å². The van der Waals surface area contributed by atoms with Crippen LogP contribution in [0.2, 0.25) is 0 Å². The van der Waals surface area contributed by atoms with E-state index in [1.807, 2.05) is 13.0 Å². The van der Waals surface area contributed by atoms with Crippen LogP contribution in [-0.4, -0.2) is 26.6 Å². The molecule has 1 unspecified atom stereocenters. The van der Waals surface area contributed by atoms with Crippen molar-refractivity contribution in [2.45, 2.75) is 38.3 Å². The summed E-state index contributed by atoms with van der Waals surface area (Å²) in [6.07, 6.45) is -2.91. The number of rotatable bonds is 6. The van der Waals surface area contributed by atoms with E-state index in [1.165, 1.54) is 30.5 Å². The minimum Gasteiger partial charge on any atom is -0.437 e. The molecule has 2 N–H and O–H groups in total. The largest absolute Gasteiger partial charge is 0.437 e. The Balaban J connectivity index is 2.09. The van der Waals surface area contributed by atoms with E-state index in [0.717, 1.165) is 12.5 Å². The van der Waals surface area contributed by atoms with E-state index in [1.54, 1.807) is 19.1 Å². The molecule has 0 radical (unpaired) electrons. The Kier molecular flexibility index (Phi) is 6.97. The highest BCUT2D eigenvalue weighted by Crippen LogP contribution is 2.35. The number of carbonyl (C=O) groups is 1. The zero-order valence-electron chi connectivity index (χ0n) is 18.9. The molecule has 0 fully saturated rings. The molecule has 1 amide bonds. The molecule has 0 aliphatic carbocycles. The number of alkyl halides is 3. The van der Waals surface area contributed by atoms with Gasteiger partial charge < -0.3 is 10.1 Å². The van der Waals surface area contributed by atoms with Gasteiger partial charge >= 0.3 is 6.18 Å². The lowest BCUT2D eigenvalue weighted by molar-refractivity contribution is -0.142. The maximum absolute atomic E-state index is 13.5. The Labute approximate surface area is 195 Å². The Bertz CT molecular complexity index is 1360. The summed E-state index contributed by atoms with van der Waals surface area (Å²) in [6.45, 7) is 4.82. The number of nitrogens with one attached hydrogen (secondary N) is 2.